The first-order valence-electron chi connectivity index (χ1n) is 21.3. The molecule has 1 unspecified atom stereocenters. The van der Waals surface area contributed by atoms with Crippen LogP contribution < -0.4 is 10.4 Å². The summed E-state index contributed by atoms with van der Waals surface area (Å²) in [7, 11) is -14.2. The highest BCUT2D eigenvalue weighted by Gasteiger charge is 2.60. The van der Waals surface area contributed by atoms with Crippen LogP contribution in [0.4, 0.5) is 0 Å². The van der Waals surface area contributed by atoms with Gasteiger partial charge >= 0.3 is 8.56 Å². The van der Waals surface area contributed by atoms with Crippen LogP contribution in [0.1, 0.15) is 71.1 Å². The van der Waals surface area contributed by atoms with E-state index in [4.69, 9.17) is 14.1 Å². The minimum absolute atomic E-state index is 0.506. The van der Waals surface area contributed by atoms with Crippen molar-refractivity contribution >= 4 is 73.3 Å². The van der Waals surface area contributed by atoms with Gasteiger partial charge in [-0.1, -0.05) is 171 Å². The second-order valence-corrected chi connectivity index (χ2v) is 60.5. The van der Waals surface area contributed by atoms with Crippen LogP contribution >= 0.6 is 0 Å². The Labute approximate surface area is 352 Å². The van der Waals surface area contributed by atoms with Crippen LogP contribution in [0.25, 0.3) is 0 Å². The fourth-order valence-corrected chi connectivity index (χ4v) is 54.8. The Morgan fingerprint density at radius 2 is 0.750 bits per heavy atom. The zero-order valence-corrected chi connectivity index (χ0v) is 47.5. The molecule has 3 aromatic rings. The quantitative estimate of drug-likeness (QED) is 0.170. The molecule has 0 N–H and O–H groups in total. The number of rotatable bonds is 12. The molecule has 0 radical (unpaired) electrons. The molecule has 1 aliphatic rings. The zero-order valence-electron chi connectivity index (χ0n) is 40.5. The van der Waals surface area contributed by atoms with E-state index in [2.05, 4.69) is 196 Å². The molecule has 0 bridgehead atoms. The predicted octanol–water partition coefficient (Wildman–Crippen LogP) is 13.0. The summed E-state index contributed by atoms with van der Waals surface area (Å²) < 4.78 is 15.4. The second-order valence-electron chi connectivity index (χ2n) is 24.3. The lowest BCUT2D eigenvalue weighted by Gasteiger charge is -2.47. The van der Waals surface area contributed by atoms with Crippen molar-refractivity contribution in [1.29, 1.82) is 0 Å². The number of hydrogen-bond donors (Lipinski definition) is 0. The topological polar surface area (TPSA) is 30.8 Å². The van der Waals surface area contributed by atoms with Gasteiger partial charge in [-0.15, -0.1) is 0 Å². The smallest absolute Gasteiger partial charge is 0.488 e. The van der Waals surface area contributed by atoms with E-state index in [9.17, 15) is 0 Å². The van der Waals surface area contributed by atoms with Crippen LogP contribution in [0.3, 0.4) is 0 Å². The van der Waals surface area contributed by atoms with E-state index in [0.717, 1.165) is 5.56 Å². The normalized spacial score (nSPS) is 17.5. The summed E-state index contributed by atoms with van der Waals surface area (Å²) in [6, 6.07) is 14.9. The van der Waals surface area contributed by atoms with E-state index in [0.29, 0.717) is 21.4 Å². The summed E-state index contributed by atoms with van der Waals surface area (Å²) in [6.07, 6.45) is 0. The van der Waals surface area contributed by atoms with Gasteiger partial charge in [-0.05, 0) is 96.0 Å². The maximum atomic E-state index is 7.92. The van der Waals surface area contributed by atoms with Crippen LogP contribution in [-0.4, -0.2) is 62.9 Å². The zero-order chi connectivity index (χ0) is 43.1. The Morgan fingerprint density at radius 3 is 1.07 bits per heavy atom. The van der Waals surface area contributed by atoms with E-state index in [1.54, 1.807) is 16.7 Å². The summed E-state index contributed by atoms with van der Waals surface area (Å²) in [5, 5.41) is 9.51. The lowest BCUT2D eigenvalue weighted by molar-refractivity contribution is 0.323. The number of aryl methyl sites for hydroxylation is 6. The molecule has 3 aromatic carbocycles. The van der Waals surface area contributed by atoms with Crippen molar-refractivity contribution in [3.8, 4) is 0 Å². The van der Waals surface area contributed by atoms with E-state index in [1.165, 1.54) is 43.8 Å². The molecule has 0 amide bonds. The highest BCUT2D eigenvalue weighted by Crippen LogP contribution is 2.46. The Morgan fingerprint density at radius 1 is 0.429 bits per heavy atom. The van der Waals surface area contributed by atoms with Crippen molar-refractivity contribution in [3.05, 3.63) is 92.0 Å². The monoisotopic (exact) mass is 875 g/mol. The molecule has 0 saturated heterocycles. The average Bonchev–Trinajstić information content (AvgIpc) is 3.31. The molecule has 1 aliphatic heterocycles. The SMILES string of the molecule is Cc1cc(C)c(C2=NO[Si](c3c(C)cc(C)cc3C)(c3c(C([Si](C)(C)C)[Si](C)(C)C)cc(C([Si](C)(C)C)[Si](C)(C)C)cc3C([Si](C)(C)C)[Si](C)(C)C)O2)c(C)c1. The molecular formula is C46H81NO2Si7. The third-order valence-corrected chi connectivity index (χ3v) is 43.5. The molecule has 0 fully saturated rings. The number of nitrogens with zero attached hydrogens (tertiary/aromatic N) is 1. The van der Waals surface area contributed by atoms with Crippen molar-refractivity contribution in [2.75, 3.05) is 0 Å². The van der Waals surface area contributed by atoms with Gasteiger partial charge in [-0.25, -0.2) is 0 Å². The standard InChI is InChI=1S/C46H81NO2Si7/c1-31-25-33(3)40(34(4)26-31)43-47-49-56(48-43,41-35(5)27-32(2)28-36(41)6)42-38(45(52(13,14)15)53(16,17)18)29-37(44(50(7,8)9)51(10,11)12)30-39(42)46(54(19,20)21)55(22,23)24/h25-30,44-46H,1-24H3. The first-order valence-corrected chi connectivity index (χ1v) is 44.6. The third-order valence-electron chi connectivity index (χ3n) is 12.1. The van der Waals surface area contributed by atoms with Gasteiger partial charge in [0.2, 0.25) is 5.90 Å². The maximum absolute atomic E-state index is 7.92. The molecule has 10 heteroatoms. The predicted molar refractivity (Wildman–Crippen MR) is 270 cm³/mol. The first kappa shape index (κ1) is 47.1. The van der Waals surface area contributed by atoms with Crippen LogP contribution in [0, 0.1) is 41.5 Å². The lowest BCUT2D eigenvalue weighted by atomic mass is 10.00. The van der Waals surface area contributed by atoms with Crippen LogP contribution in [0.15, 0.2) is 41.6 Å². The van der Waals surface area contributed by atoms with Gasteiger partial charge in [-0.2, -0.15) is 0 Å². The number of benzene rings is 3. The number of hydrogen-bond acceptors (Lipinski definition) is 3. The maximum Gasteiger partial charge on any atom is 0.555 e. The molecular weight excluding hydrogens is 795 g/mol. The van der Waals surface area contributed by atoms with Crippen molar-refractivity contribution in [1.82, 2.24) is 0 Å². The van der Waals surface area contributed by atoms with Gasteiger partial charge in [0, 0.05) is 64.4 Å². The lowest BCUT2D eigenvalue weighted by Crippen LogP contribution is -2.67. The molecule has 0 spiro atoms. The molecule has 0 saturated carbocycles. The molecule has 1 heterocycles. The fourth-order valence-electron chi connectivity index (χ4n) is 12.4. The Bertz CT molecular complexity index is 1860. The van der Waals surface area contributed by atoms with E-state index in [-0.39, 0.29) is 0 Å². The molecule has 4 rings (SSSR count). The first-order chi connectivity index (χ1) is 25.0. The Kier molecular flexibility index (Phi) is 13.0. The van der Waals surface area contributed by atoms with Gasteiger partial charge in [0.1, 0.15) is 0 Å². The van der Waals surface area contributed by atoms with Crippen molar-refractivity contribution < 1.29 is 8.95 Å². The Balaban J connectivity index is 2.44. The van der Waals surface area contributed by atoms with Gasteiger partial charge in [0.05, 0.1) is 0 Å². The Hall–Kier alpha value is -1.55. The third kappa shape index (κ3) is 9.41. The van der Waals surface area contributed by atoms with Crippen LogP contribution in [0.2, 0.25) is 118 Å². The summed E-state index contributed by atoms with van der Waals surface area (Å²) >= 11 is 0. The largest absolute Gasteiger partial charge is 0.555 e. The van der Waals surface area contributed by atoms with Gasteiger partial charge in [0.15, 0.2) is 0 Å². The molecule has 310 valence electrons. The molecule has 0 aromatic heterocycles. The van der Waals surface area contributed by atoms with Crippen molar-refractivity contribution in [3.63, 3.8) is 0 Å². The molecule has 1 atom stereocenters. The summed E-state index contributed by atoms with van der Waals surface area (Å²) in [5.41, 5.74) is 13.3. The summed E-state index contributed by atoms with van der Waals surface area (Å²) in [5.74, 6) is 0.671. The van der Waals surface area contributed by atoms with Crippen LogP contribution in [0.5, 0.6) is 0 Å². The van der Waals surface area contributed by atoms with Gasteiger partial charge < -0.3 is 8.95 Å². The fraction of sp³-hybridized carbons (Fsp3) is 0.587. The molecule has 0 aliphatic carbocycles. The van der Waals surface area contributed by atoms with Crippen LogP contribution in [-0.2, 0) is 8.95 Å². The average molecular weight is 877 g/mol. The van der Waals surface area contributed by atoms with Crippen molar-refractivity contribution in [2.45, 2.75) is 175 Å². The van der Waals surface area contributed by atoms with Crippen molar-refractivity contribution in [2.24, 2.45) is 5.16 Å². The molecule has 3 nitrogen and oxygen atoms in total. The second kappa shape index (κ2) is 15.5. The minimum Gasteiger partial charge on any atom is -0.488 e. The molecule has 56 heavy (non-hydrogen) atoms. The summed E-state index contributed by atoms with van der Waals surface area (Å²) in [4.78, 5) is 0. The van der Waals surface area contributed by atoms with Gasteiger partial charge in [0.25, 0.3) is 0 Å². The van der Waals surface area contributed by atoms with E-state index in [1.807, 2.05) is 0 Å². The van der Waals surface area contributed by atoms with Gasteiger partial charge in [-0.3, -0.25) is 0 Å². The highest BCUT2D eigenvalue weighted by atomic mass is 28.4. The minimum atomic E-state index is -3.57. The summed E-state index contributed by atoms with van der Waals surface area (Å²) in [6.45, 7) is 61.0. The van der Waals surface area contributed by atoms with E-state index >= 15 is 0 Å². The highest BCUT2D eigenvalue weighted by molar-refractivity contribution is 7.01. The number of oxime groups is 1. The van der Waals surface area contributed by atoms with E-state index < -0.39 is 57.0 Å².